The molecule has 0 bridgehead atoms. The number of rotatable bonds is 0. The maximum Gasteiger partial charge on any atom is 0.104 e. The van der Waals surface area contributed by atoms with Gasteiger partial charge in [0.1, 0.15) is 5.76 Å². The van der Waals surface area contributed by atoms with Gasteiger partial charge in [-0.2, -0.15) is 0 Å². The fraction of sp³-hybridized carbons (Fsp3) is 0.375. The van der Waals surface area contributed by atoms with Crippen LogP contribution in [0.15, 0.2) is 41.7 Å². The third-order valence-corrected chi connectivity index (χ3v) is 3.07. The van der Waals surface area contributed by atoms with E-state index in [2.05, 4.69) is 11.8 Å². The molecule has 1 N–H and O–H groups in total. The van der Waals surface area contributed by atoms with Crippen LogP contribution in [0, 0.1) is 11.8 Å². The molecule has 88 valence electrons. The molecule has 1 heteroatoms. The molecule has 0 aliphatic heterocycles. The first-order valence-corrected chi connectivity index (χ1v) is 6.34. The number of aliphatic hydroxyl groups excluding tert-OH is 1. The molecule has 2 rings (SSSR count). The third kappa shape index (κ3) is 3.67. The Labute approximate surface area is 103 Å². The van der Waals surface area contributed by atoms with E-state index in [-0.39, 0.29) is 0 Å². The first-order chi connectivity index (χ1) is 8.36. The minimum atomic E-state index is 0.508. The highest BCUT2D eigenvalue weighted by Gasteiger charge is 2.06. The first kappa shape index (κ1) is 11.8. The van der Waals surface area contributed by atoms with Crippen LogP contribution in [-0.2, 0) is 0 Å². The molecule has 0 radical (unpaired) electrons. The van der Waals surface area contributed by atoms with E-state index in [4.69, 9.17) is 0 Å². The Kier molecular flexibility index (Phi) is 4.27. The van der Waals surface area contributed by atoms with Crippen molar-refractivity contribution in [2.45, 2.75) is 38.5 Å². The molecule has 1 aliphatic carbocycles. The molecule has 1 aromatic rings. The molecule has 0 saturated heterocycles. The molecule has 0 fully saturated rings. The molecule has 17 heavy (non-hydrogen) atoms. The number of aliphatic hydroxyl groups is 1. The summed E-state index contributed by atoms with van der Waals surface area (Å²) in [5.41, 5.74) is 1.95. The fourth-order valence-corrected chi connectivity index (χ4v) is 2.05. The van der Waals surface area contributed by atoms with Gasteiger partial charge in [0.2, 0.25) is 0 Å². The van der Waals surface area contributed by atoms with E-state index in [1.165, 1.54) is 12.8 Å². The summed E-state index contributed by atoms with van der Waals surface area (Å²) >= 11 is 0. The van der Waals surface area contributed by atoms with Crippen LogP contribution >= 0.6 is 0 Å². The Hall–Kier alpha value is -1.68. The van der Waals surface area contributed by atoms with E-state index in [1.807, 2.05) is 30.3 Å². The molecule has 0 aromatic heterocycles. The molecule has 0 unspecified atom stereocenters. The van der Waals surface area contributed by atoms with Gasteiger partial charge < -0.3 is 5.11 Å². The van der Waals surface area contributed by atoms with Gasteiger partial charge in [-0.05, 0) is 31.4 Å². The van der Waals surface area contributed by atoms with E-state index >= 15 is 0 Å². The maximum absolute atomic E-state index is 9.93. The van der Waals surface area contributed by atoms with Gasteiger partial charge in [-0.15, -0.1) is 0 Å². The summed E-state index contributed by atoms with van der Waals surface area (Å²) in [5, 5.41) is 9.93. The van der Waals surface area contributed by atoms with E-state index in [0.29, 0.717) is 5.76 Å². The highest BCUT2D eigenvalue weighted by atomic mass is 16.3. The number of hydrogen-bond acceptors (Lipinski definition) is 1. The normalized spacial score (nSPS) is 16.7. The van der Waals surface area contributed by atoms with Gasteiger partial charge in [0.15, 0.2) is 0 Å². The third-order valence-electron chi connectivity index (χ3n) is 3.07. The first-order valence-electron chi connectivity index (χ1n) is 6.34. The second kappa shape index (κ2) is 6.15. The quantitative estimate of drug-likeness (QED) is 0.657. The summed E-state index contributed by atoms with van der Waals surface area (Å²) in [7, 11) is 0. The Bertz CT molecular complexity index is 445. The van der Waals surface area contributed by atoms with Gasteiger partial charge in [-0.3, -0.25) is 0 Å². The largest absolute Gasteiger partial charge is 0.511 e. The zero-order valence-electron chi connectivity index (χ0n) is 10.1. The lowest BCUT2D eigenvalue weighted by atomic mass is 9.98. The zero-order valence-corrected chi connectivity index (χ0v) is 10.1. The van der Waals surface area contributed by atoms with Gasteiger partial charge in [-0.25, -0.2) is 0 Å². The van der Waals surface area contributed by atoms with E-state index in [9.17, 15) is 5.11 Å². The molecule has 1 aliphatic rings. The molecule has 0 heterocycles. The molecular formula is C16H18O. The van der Waals surface area contributed by atoms with Crippen molar-refractivity contribution in [3.8, 4) is 11.8 Å². The number of allylic oxidation sites excluding steroid dienone is 2. The Balaban J connectivity index is 2.16. The van der Waals surface area contributed by atoms with Gasteiger partial charge >= 0.3 is 0 Å². The van der Waals surface area contributed by atoms with Crippen molar-refractivity contribution in [3.05, 3.63) is 47.2 Å². The predicted octanol–water partition coefficient (Wildman–Crippen LogP) is 4.20. The van der Waals surface area contributed by atoms with Gasteiger partial charge in [-0.1, -0.05) is 42.9 Å². The number of hydrogen-bond donors (Lipinski definition) is 1. The molecule has 1 aromatic carbocycles. The van der Waals surface area contributed by atoms with Crippen LogP contribution in [0.5, 0.6) is 0 Å². The van der Waals surface area contributed by atoms with Crippen LogP contribution in [0.3, 0.4) is 0 Å². The van der Waals surface area contributed by atoms with Crippen LogP contribution in [-0.4, -0.2) is 5.11 Å². The van der Waals surface area contributed by atoms with E-state index < -0.39 is 0 Å². The van der Waals surface area contributed by atoms with Crippen molar-refractivity contribution in [2.75, 3.05) is 0 Å². The summed E-state index contributed by atoms with van der Waals surface area (Å²) < 4.78 is 0. The summed E-state index contributed by atoms with van der Waals surface area (Å²) in [5.74, 6) is 6.77. The lowest BCUT2D eigenvalue weighted by molar-refractivity contribution is 0.367. The van der Waals surface area contributed by atoms with Crippen molar-refractivity contribution in [1.82, 2.24) is 0 Å². The highest BCUT2D eigenvalue weighted by molar-refractivity contribution is 5.41. The van der Waals surface area contributed by atoms with Crippen molar-refractivity contribution >= 4 is 0 Å². The van der Waals surface area contributed by atoms with E-state index in [1.54, 1.807) is 0 Å². The minimum absolute atomic E-state index is 0.508. The Morgan fingerprint density at radius 1 is 0.824 bits per heavy atom. The summed E-state index contributed by atoms with van der Waals surface area (Å²) in [6.45, 7) is 0. The predicted molar refractivity (Wildman–Crippen MR) is 70.7 cm³/mol. The van der Waals surface area contributed by atoms with Crippen LogP contribution < -0.4 is 0 Å². The molecular weight excluding hydrogens is 208 g/mol. The monoisotopic (exact) mass is 226 g/mol. The van der Waals surface area contributed by atoms with Crippen molar-refractivity contribution in [3.63, 3.8) is 0 Å². The summed E-state index contributed by atoms with van der Waals surface area (Å²) in [6, 6.07) is 9.94. The van der Waals surface area contributed by atoms with Crippen LogP contribution in [0.25, 0.3) is 0 Å². The van der Waals surface area contributed by atoms with Crippen LogP contribution in [0.2, 0.25) is 0 Å². The number of benzene rings is 1. The van der Waals surface area contributed by atoms with Gasteiger partial charge in [0, 0.05) is 17.6 Å². The zero-order chi connectivity index (χ0) is 11.9. The lowest BCUT2D eigenvalue weighted by Gasteiger charge is -2.09. The minimum Gasteiger partial charge on any atom is -0.511 e. The smallest absolute Gasteiger partial charge is 0.104 e. The van der Waals surface area contributed by atoms with Crippen molar-refractivity contribution in [2.24, 2.45) is 0 Å². The Morgan fingerprint density at radius 2 is 1.53 bits per heavy atom. The maximum atomic E-state index is 9.93. The Morgan fingerprint density at radius 3 is 2.29 bits per heavy atom. The molecule has 0 amide bonds. The summed E-state index contributed by atoms with van der Waals surface area (Å²) in [4.78, 5) is 0. The van der Waals surface area contributed by atoms with Gasteiger partial charge in [0.25, 0.3) is 0 Å². The topological polar surface area (TPSA) is 20.2 Å². The molecule has 1 nitrogen and oxygen atoms in total. The van der Waals surface area contributed by atoms with Crippen LogP contribution in [0.4, 0.5) is 0 Å². The SMILES string of the molecule is OC1=C(C#Cc2ccccc2)CCCCCC1. The summed E-state index contributed by atoms with van der Waals surface area (Å²) in [6.07, 6.45) is 6.42. The molecule has 0 saturated carbocycles. The average Bonchev–Trinajstić information content (AvgIpc) is 2.35. The van der Waals surface area contributed by atoms with Crippen molar-refractivity contribution < 1.29 is 5.11 Å². The molecule has 0 atom stereocenters. The van der Waals surface area contributed by atoms with Crippen LogP contribution in [0.1, 0.15) is 44.1 Å². The highest BCUT2D eigenvalue weighted by Crippen LogP contribution is 2.20. The molecule has 0 spiro atoms. The second-order valence-corrected chi connectivity index (χ2v) is 4.46. The van der Waals surface area contributed by atoms with Gasteiger partial charge in [0.05, 0.1) is 0 Å². The standard InChI is InChI=1S/C16H18O/c17-16-11-7-2-1-6-10-15(16)13-12-14-8-4-3-5-9-14/h3-5,8-9,17H,1-2,6-7,10-11H2. The van der Waals surface area contributed by atoms with Crippen molar-refractivity contribution in [1.29, 1.82) is 0 Å². The average molecular weight is 226 g/mol. The lowest BCUT2D eigenvalue weighted by Crippen LogP contribution is -1.95. The van der Waals surface area contributed by atoms with E-state index in [0.717, 1.165) is 36.8 Å². The second-order valence-electron chi connectivity index (χ2n) is 4.46. The fourth-order valence-electron chi connectivity index (χ4n) is 2.05.